The van der Waals surface area contributed by atoms with E-state index in [9.17, 15) is 13.2 Å². The molecule has 1 fully saturated rings. The first-order chi connectivity index (χ1) is 12.8. The van der Waals surface area contributed by atoms with Gasteiger partial charge < -0.3 is 10.1 Å². The number of rotatable bonds is 6. The SMILES string of the molecule is CS(=O)(=O)Nc1ccc(C(=O)Nc2ccc(OC3CCCC3)cc2)c(Cl)c1. The number of hydrogen-bond donors (Lipinski definition) is 2. The second-order valence-electron chi connectivity index (χ2n) is 6.57. The first-order valence-corrected chi connectivity index (χ1v) is 10.9. The highest BCUT2D eigenvalue weighted by Gasteiger charge is 2.16. The van der Waals surface area contributed by atoms with Gasteiger partial charge in [-0.15, -0.1) is 0 Å². The number of benzene rings is 2. The highest BCUT2D eigenvalue weighted by atomic mass is 35.5. The molecule has 27 heavy (non-hydrogen) atoms. The van der Waals surface area contributed by atoms with Crippen molar-refractivity contribution < 1.29 is 17.9 Å². The van der Waals surface area contributed by atoms with Crippen LogP contribution >= 0.6 is 11.6 Å². The lowest BCUT2D eigenvalue weighted by atomic mass is 10.2. The molecule has 0 aliphatic heterocycles. The summed E-state index contributed by atoms with van der Waals surface area (Å²) in [7, 11) is -3.41. The van der Waals surface area contributed by atoms with Gasteiger partial charge in [0.15, 0.2) is 0 Å². The molecule has 1 saturated carbocycles. The lowest BCUT2D eigenvalue weighted by molar-refractivity contribution is 0.102. The fourth-order valence-corrected chi connectivity index (χ4v) is 3.81. The zero-order valence-corrected chi connectivity index (χ0v) is 16.4. The third-order valence-electron chi connectivity index (χ3n) is 4.23. The molecule has 0 spiro atoms. The Morgan fingerprint density at radius 1 is 1.07 bits per heavy atom. The van der Waals surface area contributed by atoms with Gasteiger partial charge in [0, 0.05) is 11.4 Å². The summed E-state index contributed by atoms with van der Waals surface area (Å²) in [6.45, 7) is 0. The van der Waals surface area contributed by atoms with E-state index in [0.717, 1.165) is 24.8 Å². The van der Waals surface area contributed by atoms with Crippen LogP contribution in [0.1, 0.15) is 36.0 Å². The standard InChI is InChI=1S/C19H21ClN2O4S/c1-27(24,25)22-14-8-11-17(18(20)12-14)19(23)21-13-6-9-16(10-7-13)26-15-4-2-3-5-15/h6-12,15,22H,2-5H2,1H3,(H,21,23). The van der Waals surface area contributed by atoms with Gasteiger partial charge in [0.2, 0.25) is 10.0 Å². The maximum atomic E-state index is 12.4. The summed E-state index contributed by atoms with van der Waals surface area (Å²) in [5, 5.41) is 2.92. The minimum absolute atomic E-state index is 0.155. The van der Waals surface area contributed by atoms with Crippen LogP contribution in [0.2, 0.25) is 5.02 Å². The van der Waals surface area contributed by atoms with Gasteiger partial charge in [-0.25, -0.2) is 8.42 Å². The van der Waals surface area contributed by atoms with Crippen LogP contribution < -0.4 is 14.8 Å². The number of carbonyl (C=O) groups excluding carboxylic acids is 1. The summed E-state index contributed by atoms with van der Waals surface area (Å²) in [5.41, 5.74) is 1.17. The number of halogens is 1. The lowest BCUT2D eigenvalue weighted by Gasteiger charge is -2.13. The number of sulfonamides is 1. The molecule has 8 heteroatoms. The molecule has 2 aromatic carbocycles. The highest BCUT2D eigenvalue weighted by Crippen LogP contribution is 2.26. The Bertz CT molecular complexity index is 923. The number of ether oxygens (including phenoxy) is 1. The van der Waals surface area contributed by atoms with E-state index in [-0.39, 0.29) is 22.6 Å². The average molecular weight is 409 g/mol. The summed E-state index contributed by atoms with van der Waals surface area (Å²) in [6, 6.07) is 11.6. The van der Waals surface area contributed by atoms with E-state index in [2.05, 4.69) is 10.0 Å². The Morgan fingerprint density at radius 3 is 2.30 bits per heavy atom. The Hall–Kier alpha value is -2.25. The molecule has 0 radical (unpaired) electrons. The Kier molecular flexibility index (Phi) is 5.92. The molecule has 0 atom stereocenters. The van der Waals surface area contributed by atoms with Crippen molar-refractivity contribution in [2.24, 2.45) is 0 Å². The Morgan fingerprint density at radius 2 is 1.70 bits per heavy atom. The molecule has 1 aliphatic carbocycles. The summed E-state index contributed by atoms with van der Waals surface area (Å²) < 4.78 is 30.7. The number of hydrogen-bond acceptors (Lipinski definition) is 4. The van der Waals surface area contributed by atoms with Gasteiger partial charge in [-0.05, 0) is 68.1 Å². The van der Waals surface area contributed by atoms with Crippen molar-refractivity contribution in [1.82, 2.24) is 0 Å². The van der Waals surface area contributed by atoms with E-state index in [1.807, 2.05) is 12.1 Å². The van der Waals surface area contributed by atoms with Crippen LogP contribution in [0.15, 0.2) is 42.5 Å². The van der Waals surface area contributed by atoms with Crippen LogP contribution in [-0.4, -0.2) is 26.7 Å². The smallest absolute Gasteiger partial charge is 0.257 e. The second kappa shape index (κ2) is 8.19. The monoisotopic (exact) mass is 408 g/mol. The van der Waals surface area contributed by atoms with Crippen LogP contribution in [0.5, 0.6) is 5.75 Å². The van der Waals surface area contributed by atoms with Crippen LogP contribution in [0, 0.1) is 0 Å². The van der Waals surface area contributed by atoms with E-state index < -0.39 is 10.0 Å². The van der Waals surface area contributed by atoms with Crippen LogP contribution in [0.4, 0.5) is 11.4 Å². The third-order valence-corrected chi connectivity index (χ3v) is 5.15. The van der Waals surface area contributed by atoms with Crippen LogP contribution in [0.25, 0.3) is 0 Å². The van der Waals surface area contributed by atoms with E-state index >= 15 is 0 Å². The first kappa shape index (κ1) is 19.5. The summed E-state index contributed by atoms with van der Waals surface area (Å²) in [4.78, 5) is 12.4. The van der Waals surface area contributed by atoms with Crippen LogP contribution in [-0.2, 0) is 10.0 Å². The zero-order chi connectivity index (χ0) is 19.4. The fourth-order valence-electron chi connectivity index (χ4n) is 2.99. The molecular weight excluding hydrogens is 388 g/mol. The first-order valence-electron chi connectivity index (χ1n) is 8.65. The molecule has 0 bridgehead atoms. The van der Waals surface area contributed by atoms with Gasteiger partial charge in [0.25, 0.3) is 5.91 Å². The predicted octanol–water partition coefficient (Wildman–Crippen LogP) is 4.29. The summed E-state index contributed by atoms with van der Waals surface area (Å²) in [5.74, 6) is 0.407. The molecule has 3 rings (SSSR count). The largest absolute Gasteiger partial charge is 0.490 e. The molecule has 144 valence electrons. The third kappa shape index (κ3) is 5.61. The van der Waals surface area contributed by atoms with Gasteiger partial charge >= 0.3 is 0 Å². The number of carbonyl (C=O) groups is 1. The Balaban J connectivity index is 1.64. The quantitative estimate of drug-likeness (QED) is 0.746. The molecule has 2 N–H and O–H groups in total. The topological polar surface area (TPSA) is 84.5 Å². The van der Waals surface area contributed by atoms with E-state index in [0.29, 0.717) is 11.4 Å². The molecular formula is C19H21ClN2O4S. The minimum atomic E-state index is -3.41. The molecule has 6 nitrogen and oxygen atoms in total. The molecule has 1 aliphatic rings. The molecule has 1 amide bonds. The fraction of sp³-hybridized carbons (Fsp3) is 0.316. The van der Waals surface area contributed by atoms with E-state index in [1.165, 1.54) is 31.0 Å². The zero-order valence-electron chi connectivity index (χ0n) is 14.9. The maximum absolute atomic E-state index is 12.4. The van der Waals surface area contributed by atoms with Crippen LogP contribution in [0.3, 0.4) is 0 Å². The highest BCUT2D eigenvalue weighted by molar-refractivity contribution is 7.92. The summed E-state index contributed by atoms with van der Waals surface area (Å²) >= 11 is 6.12. The van der Waals surface area contributed by atoms with Crippen molar-refractivity contribution in [3.05, 3.63) is 53.1 Å². The Labute approximate surface area is 163 Å². The molecule has 0 unspecified atom stereocenters. The van der Waals surface area contributed by atoms with Crippen molar-refractivity contribution in [1.29, 1.82) is 0 Å². The maximum Gasteiger partial charge on any atom is 0.257 e. The van der Waals surface area contributed by atoms with Crippen molar-refractivity contribution >= 4 is 38.9 Å². The normalized spacial score (nSPS) is 14.7. The number of amides is 1. The molecule has 2 aromatic rings. The van der Waals surface area contributed by atoms with Crippen molar-refractivity contribution in [3.63, 3.8) is 0 Å². The van der Waals surface area contributed by atoms with Crippen molar-refractivity contribution in [2.75, 3.05) is 16.3 Å². The van der Waals surface area contributed by atoms with E-state index in [4.69, 9.17) is 16.3 Å². The molecule has 0 aromatic heterocycles. The van der Waals surface area contributed by atoms with Gasteiger partial charge in [-0.3, -0.25) is 9.52 Å². The van der Waals surface area contributed by atoms with Crippen molar-refractivity contribution in [2.45, 2.75) is 31.8 Å². The number of anilines is 2. The van der Waals surface area contributed by atoms with Gasteiger partial charge in [-0.1, -0.05) is 11.6 Å². The lowest BCUT2D eigenvalue weighted by Crippen LogP contribution is -2.14. The summed E-state index contributed by atoms with van der Waals surface area (Å²) in [6.07, 6.45) is 5.91. The van der Waals surface area contributed by atoms with Gasteiger partial charge in [0.1, 0.15) is 5.75 Å². The van der Waals surface area contributed by atoms with Crippen molar-refractivity contribution in [3.8, 4) is 5.75 Å². The minimum Gasteiger partial charge on any atom is -0.490 e. The van der Waals surface area contributed by atoms with E-state index in [1.54, 1.807) is 12.1 Å². The van der Waals surface area contributed by atoms with Gasteiger partial charge in [-0.2, -0.15) is 0 Å². The predicted molar refractivity (Wildman–Crippen MR) is 107 cm³/mol. The average Bonchev–Trinajstić information content (AvgIpc) is 3.08. The number of nitrogens with one attached hydrogen (secondary N) is 2. The molecule has 0 saturated heterocycles. The second-order valence-corrected chi connectivity index (χ2v) is 8.73. The van der Waals surface area contributed by atoms with Gasteiger partial charge in [0.05, 0.1) is 22.9 Å². The molecule has 0 heterocycles.